The number of piperidine rings is 1. The van der Waals surface area contributed by atoms with E-state index < -0.39 is 0 Å². The van der Waals surface area contributed by atoms with Gasteiger partial charge in [0.05, 0.1) is 0 Å². The molecule has 0 bridgehead atoms. The van der Waals surface area contributed by atoms with E-state index in [2.05, 4.69) is 18.9 Å². The monoisotopic (exact) mass is 197 g/mol. The van der Waals surface area contributed by atoms with Gasteiger partial charge in [0.15, 0.2) is 0 Å². The van der Waals surface area contributed by atoms with Crippen molar-refractivity contribution in [1.82, 2.24) is 4.90 Å². The Hall–Kier alpha value is 1.77. The summed E-state index contributed by atoms with van der Waals surface area (Å²) in [6.45, 7) is 4.70. The molecule has 1 fully saturated rings. The van der Waals surface area contributed by atoms with E-state index in [9.17, 15) is 0 Å². The van der Waals surface area contributed by atoms with Gasteiger partial charge >= 0.3 is 58.2 Å². The maximum absolute atomic E-state index is 3.87. The van der Waals surface area contributed by atoms with Gasteiger partial charge in [0, 0.05) is 0 Å². The van der Waals surface area contributed by atoms with Crippen LogP contribution in [0.2, 0.25) is 0 Å². The molecule has 0 aromatic heterocycles. The third kappa shape index (κ3) is 4.25. The summed E-state index contributed by atoms with van der Waals surface area (Å²) < 4.78 is 0. The summed E-state index contributed by atoms with van der Waals surface area (Å²) in [7, 11) is 3.87. The van der Waals surface area contributed by atoms with Gasteiger partial charge in [0.25, 0.3) is 0 Å². The summed E-state index contributed by atoms with van der Waals surface area (Å²) in [5.74, 6) is 0.938. The molecule has 0 atom stereocenters. The Labute approximate surface area is 107 Å². The van der Waals surface area contributed by atoms with Crippen molar-refractivity contribution in [3.63, 3.8) is 0 Å². The van der Waals surface area contributed by atoms with Gasteiger partial charge in [-0.2, -0.15) is 0 Å². The topological polar surface area (TPSA) is 3.24 Å². The van der Waals surface area contributed by atoms with Gasteiger partial charge in [0.2, 0.25) is 0 Å². The summed E-state index contributed by atoms with van der Waals surface area (Å²) in [4.78, 5) is 2.15. The molecule has 0 N–H and O–H groups in total. The zero-order valence-electron chi connectivity index (χ0n) is 6.56. The predicted octanol–water partition coefficient (Wildman–Crippen LogP) is -1.49. The van der Waals surface area contributed by atoms with Crippen molar-refractivity contribution in [2.24, 2.45) is 5.92 Å². The minimum atomic E-state index is 0. The Morgan fingerprint density at radius 3 is 2.11 bits per heavy atom. The zero-order chi connectivity index (χ0) is 5.98. The van der Waals surface area contributed by atoms with Gasteiger partial charge in [-0.3, -0.25) is 7.05 Å². The molecule has 1 nitrogen and oxygen atoms in total. The molecule has 2 heteroatoms. The number of likely N-dealkylation sites (tertiary alicyclic amines) is 1. The normalized spacial score (nSPS) is 23.3. The van der Waals surface area contributed by atoms with Crippen LogP contribution in [0.1, 0.15) is 19.8 Å². The van der Waals surface area contributed by atoms with E-state index in [4.69, 9.17) is 0 Å². The molecule has 48 valence electrons. The third-order valence-electron chi connectivity index (χ3n) is 1.88. The van der Waals surface area contributed by atoms with Crippen molar-refractivity contribution >= 4 is 0 Å². The number of rotatable bonds is 0. The molecule has 0 saturated carbocycles. The number of hydrogen-bond donors (Lipinski definition) is 0. The summed E-state index contributed by atoms with van der Waals surface area (Å²) in [5.41, 5.74) is 0. The molecule has 0 amide bonds. The Kier molecular flexibility index (Phi) is 6.48. The summed E-state index contributed by atoms with van der Waals surface area (Å²) in [6.07, 6.45) is 2.67. The quantitative estimate of drug-likeness (QED) is 0.428. The second-order valence-electron chi connectivity index (χ2n) is 2.80. The van der Waals surface area contributed by atoms with Crippen molar-refractivity contribution in [1.29, 1.82) is 0 Å². The molecule has 0 aromatic carbocycles. The van der Waals surface area contributed by atoms with Crippen LogP contribution in [0.25, 0.3) is 0 Å². The fourth-order valence-electron chi connectivity index (χ4n) is 1.06. The molecule has 1 saturated heterocycles. The van der Waals surface area contributed by atoms with Crippen LogP contribution in [-0.4, -0.2) is 18.0 Å². The average molecular weight is 198 g/mol. The van der Waals surface area contributed by atoms with Crippen LogP contribution in [0.3, 0.4) is 0 Å². The maximum Gasteiger partial charge on any atom is 1.00 e. The van der Waals surface area contributed by atoms with Gasteiger partial charge in [-0.1, -0.05) is 6.92 Å². The van der Waals surface area contributed by atoms with Crippen LogP contribution < -0.4 is 58.2 Å². The Bertz CT molecular complexity index is 57.3. The smallest absolute Gasteiger partial charge is 0.459 e. The predicted molar refractivity (Wildman–Crippen MR) is 35.3 cm³/mol. The first-order chi connectivity index (χ1) is 3.79. The van der Waals surface area contributed by atoms with Crippen LogP contribution >= 0.6 is 0 Å². The van der Waals surface area contributed by atoms with Crippen LogP contribution in [0.4, 0.5) is 0 Å². The molecule has 1 aliphatic rings. The molecule has 0 radical (unpaired) electrons. The number of nitrogens with zero attached hydrogens (tertiary/aromatic N) is 1. The minimum Gasteiger partial charge on any atom is -0.459 e. The molecular weight excluding hydrogens is 184 g/mol. The Morgan fingerprint density at radius 1 is 1.33 bits per heavy atom. The molecule has 0 aliphatic carbocycles. The molecule has 9 heavy (non-hydrogen) atoms. The molecule has 0 aromatic rings. The first kappa shape index (κ1) is 10.8. The van der Waals surface area contributed by atoms with Gasteiger partial charge in [-0.25, -0.2) is 0 Å². The molecule has 1 aliphatic heterocycles. The van der Waals surface area contributed by atoms with Crippen molar-refractivity contribution < 1.29 is 58.2 Å². The summed E-state index contributed by atoms with van der Waals surface area (Å²) in [6, 6.07) is 0. The molecule has 0 unspecified atom stereocenters. The standard InChI is InChI=1S/C7H14N.Rb/c1-7-3-5-8(2)6-4-7;/h7H,2-6H2,1H3;/q-1;+1. The van der Waals surface area contributed by atoms with E-state index in [1.165, 1.54) is 25.9 Å². The molecule has 1 heterocycles. The Balaban J connectivity index is 0.000000640. The van der Waals surface area contributed by atoms with Crippen molar-refractivity contribution in [2.45, 2.75) is 19.8 Å². The molecule has 0 spiro atoms. The van der Waals surface area contributed by atoms with Crippen molar-refractivity contribution in [2.75, 3.05) is 13.1 Å². The summed E-state index contributed by atoms with van der Waals surface area (Å²) >= 11 is 0. The van der Waals surface area contributed by atoms with E-state index in [1.807, 2.05) is 0 Å². The average Bonchev–Trinajstić information content (AvgIpc) is 1.77. The van der Waals surface area contributed by atoms with E-state index in [1.54, 1.807) is 0 Å². The molecule has 1 rings (SSSR count). The van der Waals surface area contributed by atoms with E-state index in [0.29, 0.717) is 0 Å². The van der Waals surface area contributed by atoms with Gasteiger partial charge < -0.3 is 4.90 Å². The Morgan fingerprint density at radius 2 is 1.78 bits per heavy atom. The van der Waals surface area contributed by atoms with Crippen LogP contribution in [-0.2, 0) is 0 Å². The van der Waals surface area contributed by atoms with E-state index in [-0.39, 0.29) is 58.2 Å². The fourth-order valence-corrected chi connectivity index (χ4v) is 1.06. The number of hydrogen-bond acceptors (Lipinski definition) is 1. The van der Waals surface area contributed by atoms with Gasteiger partial charge in [-0.15, -0.1) is 0 Å². The van der Waals surface area contributed by atoms with Gasteiger partial charge in [-0.05, 0) is 31.8 Å². The zero-order valence-corrected chi connectivity index (χ0v) is 11.5. The van der Waals surface area contributed by atoms with Crippen LogP contribution in [0.15, 0.2) is 0 Å². The van der Waals surface area contributed by atoms with Crippen LogP contribution in [0.5, 0.6) is 0 Å². The first-order valence-corrected chi connectivity index (χ1v) is 3.34. The SMILES string of the molecule is [CH2-]N1CCC(C)CC1.[Rb+]. The largest absolute Gasteiger partial charge is 1.00 e. The maximum atomic E-state index is 3.87. The van der Waals surface area contributed by atoms with Crippen molar-refractivity contribution in [3.05, 3.63) is 7.05 Å². The fraction of sp³-hybridized carbons (Fsp3) is 0.857. The van der Waals surface area contributed by atoms with E-state index in [0.717, 1.165) is 5.92 Å². The van der Waals surface area contributed by atoms with Gasteiger partial charge in [0.1, 0.15) is 0 Å². The third-order valence-corrected chi connectivity index (χ3v) is 1.88. The summed E-state index contributed by atoms with van der Waals surface area (Å²) in [5, 5.41) is 0. The molecular formula is C7H14NRb. The van der Waals surface area contributed by atoms with Crippen LogP contribution in [0, 0.1) is 13.0 Å². The second-order valence-corrected chi connectivity index (χ2v) is 2.80. The minimum absolute atomic E-state index is 0. The first-order valence-electron chi connectivity index (χ1n) is 3.34. The van der Waals surface area contributed by atoms with E-state index >= 15 is 0 Å². The second kappa shape index (κ2) is 5.42. The van der Waals surface area contributed by atoms with Crippen molar-refractivity contribution in [3.8, 4) is 0 Å².